The zero-order valence-electron chi connectivity index (χ0n) is 10.7. The highest BCUT2D eigenvalue weighted by Gasteiger charge is 2.41. The Morgan fingerprint density at radius 1 is 1.36 bits per heavy atom. The van der Waals surface area contributed by atoms with Gasteiger partial charge in [0, 0.05) is 12.4 Å². The molecule has 2 nitrogen and oxygen atoms in total. The molecule has 1 unspecified atom stereocenters. The maximum absolute atomic E-state index is 10.6. The molecule has 0 aromatic carbocycles. The Labute approximate surface area is 89.5 Å². The molecule has 14 heavy (non-hydrogen) atoms. The highest BCUT2D eigenvalue weighted by molar-refractivity contribution is 7.05. The standard InChI is InChI=1S/C11H25NOSi/c1-8-11(13,9(2)3)10(12-4)14(5,6)7/h9,13H,8H2,1-7H3. The highest BCUT2D eigenvalue weighted by atomic mass is 28.3. The van der Waals surface area contributed by atoms with Crippen molar-refractivity contribution in [3.05, 3.63) is 0 Å². The molecule has 0 saturated heterocycles. The summed E-state index contributed by atoms with van der Waals surface area (Å²) >= 11 is 0. The van der Waals surface area contributed by atoms with E-state index in [1.54, 1.807) is 7.05 Å². The normalized spacial score (nSPS) is 18.5. The first kappa shape index (κ1) is 13.8. The minimum Gasteiger partial charge on any atom is -0.384 e. The molecule has 1 N–H and O–H groups in total. The average Bonchev–Trinajstić information content (AvgIpc) is 2.02. The highest BCUT2D eigenvalue weighted by Crippen LogP contribution is 2.27. The van der Waals surface area contributed by atoms with Gasteiger partial charge in [-0.15, -0.1) is 0 Å². The monoisotopic (exact) mass is 215 g/mol. The van der Waals surface area contributed by atoms with Crippen LogP contribution in [-0.4, -0.2) is 31.2 Å². The third-order valence-corrected chi connectivity index (χ3v) is 4.92. The summed E-state index contributed by atoms with van der Waals surface area (Å²) in [5, 5.41) is 11.6. The van der Waals surface area contributed by atoms with Gasteiger partial charge in [0.1, 0.15) is 5.60 Å². The van der Waals surface area contributed by atoms with Crippen molar-refractivity contribution in [3.8, 4) is 0 Å². The molecule has 3 heteroatoms. The maximum Gasteiger partial charge on any atom is 0.100 e. The molecule has 0 aromatic heterocycles. The van der Waals surface area contributed by atoms with Gasteiger partial charge in [0.15, 0.2) is 0 Å². The van der Waals surface area contributed by atoms with Crippen LogP contribution in [0.5, 0.6) is 0 Å². The second kappa shape index (κ2) is 4.58. The molecule has 0 aliphatic heterocycles. The molecule has 0 aliphatic rings. The summed E-state index contributed by atoms with van der Waals surface area (Å²) in [6.45, 7) is 12.9. The lowest BCUT2D eigenvalue weighted by molar-refractivity contribution is 0.0619. The van der Waals surface area contributed by atoms with Crippen molar-refractivity contribution in [2.24, 2.45) is 10.9 Å². The van der Waals surface area contributed by atoms with Crippen molar-refractivity contribution < 1.29 is 5.11 Å². The average molecular weight is 215 g/mol. The van der Waals surface area contributed by atoms with Crippen LogP contribution in [0.3, 0.4) is 0 Å². The van der Waals surface area contributed by atoms with Crippen molar-refractivity contribution in [3.63, 3.8) is 0 Å². The molecular formula is C11H25NOSi. The van der Waals surface area contributed by atoms with Crippen molar-refractivity contribution in [2.75, 3.05) is 7.05 Å². The molecule has 0 fully saturated rings. The van der Waals surface area contributed by atoms with Gasteiger partial charge >= 0.3 is 0 Å². The molecule has 0 amide bonds. The van der Waals surface area contributed by atoms with E-state index in [-0.39, 0.29) is 5.92 Å². The van der Waals surface area contributed by atoms with Gasteiger partial charge in [-0.05, 0) is 12.3 Å². The Bertz CT molecular complexity index is 218. The van der Waals surface area contributed by atoms with E-state index in [4.69, 9.17) is 0 Å². The number of hydrogen-bond acceptors (Lipinski definition) is 2. The van der Waals surface area contributed by atoms with E-state index in [9.17, 15) is 5.11 Å². The molecule has 0 heterocycles. The fourth-order valence-corrected chi connectivity index (χ4v) is 4.46. The minimum atomic E-state index is -1.51. The lowest BCUT2D eigenvalue weighted by atomic mass is 9.88. The first-order valence-corrected chi connectivity index (χ1v) is 8.90. The van der Waals surface area contributed by atoms with Gasteiger partial charge in [-0.1, -0.05) is 40.4 Å². The lowest BCUT2D eigenvalue weighted by Gasteiger charge is -2.38. The fourth-order valence-electron chi connectivity index (χ4n) is 2.03. The Morgan fingerprint density at radius 2 is 1.79 bits per heavy atom. The Kier molecular flexibility index (Phi) is 4.53. The predicted octanol–water partition coefficient (Wildman–Crippen LogP) is 2.73. The molecule has 0 bridgehead atoms. The van der Waals surface area contributed by atoms with E-state index in [2.05, 4.69) is 38.5 Å². The van der Waals surface area contributed by atoms with E-state index in [0.29, 0.717) is 0 Å². The fraction of sp³-hybridized carbons (Fsp3) is 0.909. The SMILES string of the molecule is CCC(O)(C(=NC)[Si](C)(C)C)C(C)C. The number of rotatable bonds is 4. The van der Waals surface area contributed by atoms with Crippen LogP contribution >= 0.6 is 0 Å². The van der Waals surface area contributed by atoms with E-state index in [1.807, 2.05) is 6.92 Å². The zero-order chi connectivity index (χ0) is 11.6. The van der Waals surface area contributed by atoms with Crippen LogP contribution in [-0.2, 0) is 0 Å². The predicted molar refractivity (Wildman–Crippen MR) is 66.8 cm³/mol. The van der Waals surface area contributed by atoms with Gasteiger partial charge in [-0.3, -0.25) is 4.99 Å². The van der Waals surface area contributed by atoms with Crippen LogP contribution in [0.1, 0.15) is 27.2 Å². The lowest BCUT2D eigenvalue weighted by Crippen LogP contribution is -2.54. The largest absolute Gasteiger partial charge is 0.384 e. The van der Waals surface area contributed by atoms with Gasteiger partial charge < -0.3 is 5.11 Å². The number of aliphatic hydroxyl groups is 1. The second-order valence-corrected chi connectivity index (χ2v) is 10.2. The van der Waals surface area contributed by atoms with Gasteiger partial charge in [0.2, 0.25) is 0 Å². The molecule has 0 aromatic rings. The molecule has 84 valence electrons. The quantitative estimate of drug-likeness (QED) is 0.567. The smallest absolute Gasteiger partial charge is 0.100 e. The van der Waals surface area contributed by atoms with Gasteiger partial charge in [0.05, 0.1) is 8.07 Å². The second-order valence-electron chi connectivity index (χ2n) is 5.25. The molecule has 0 spiro atoms. The Hall–Kier alpha value is -0.153. The Balaban J connectivity index is 5.21. The van der Waals surface area contributed by atoms with E-state index < -0.39 is 13.7 Å². The van der Waals surface area contributed by atoms with Crippen LogP contribution in [0.2, 0.25) is 19.6 Å². The van der Waals surface area contributed by atoms with E-state index in [1.165, 1.54) is 0 Å². The van der Waals surface area contributed by atoms with Crippen LogP contribution < -0.4 is 0 Å². The maximum atomic E-state index is 10.6. The number of aliphatic imine (C=N–C) groups is 1. The molecule has 0 saturated carbocycles. The van der Waals surface area contributed by atoms with Crippen molar-refractivity contribution in [1.82, 2.24) is 0 Å². The van der Waals surface area contributed by atoms with Gasteiger partial charge in [0.25, 0.3) is 0 Å². The molecule has 1 atom stereocenters. The van der Waals surface area contributed by atoms with Crippen molar-refractivity contribution >= 4 is 13.4 Å². The summed E-state index contributed by atoms with van der Waals surface area (Å²) < 4.78 is 0. The van der Waals surface area contributed by atoms with Gasteiger partial charge in [-0.25, -0.2) is 0 Å². The van der Waals surface area contributed by atoms with Crippen molar-refractivity contribution in [2.45, 2.75) is 52.4 Å². The third kappa shape index (κ3) is 2.67. The van der Waals surface area contributed by atoms with Crippen LogP contribution in [0.25, 0.3) is 0 Å². The van der Waals surface area contributed by atoms with Crippen molar-refractivity contribution in [1.29, 1.82) is 0 Å². The number of hydrogen-bond donors (Lipinski definition) is 1. The van der Waals surface area contributed by atoms with Crippen LogP contribution in [0.15, 0.2) is 4.99 Å². The molecule has 0 aliphatic carbocycles. The minimum absolute atomic E-state index is 0.234. The summed E-state index contributed by atoms with van der Waals surface area (Å²) in [6.07, 6.45) is 0.752. The van der Waals surface area contributed by atoms with E-state index >= 15 is 0 Å². The third-order valence-electron chi connectivity index (χ3n) is 2.84. The van der Waals surface area contributed by atoms with E-state index in [0.717, 1.165) is 11.8 Å². The summed E-state index contributed by atoms with van der Waals surface area (Å²) in [7, 11) is 0.296. The Morgan fingerprint density at radius 3 is 1.86 bits per heavy atom. The van der Waals surface area contributed by atoms with Gasteiger partial charge in [-0.2, -0.15) is 0 Å². The zero-order valence-corrected chi connectivity index (χ0v) is 11.7. The molecular weight excluding hydrogens is 190 g/mol. The topological polar surface area (TPSA) is 32.6 Å². The first-order chi connectivity index (χ1) is 6.20. The summed E-state index contributed by atoms with van der Waals surface area (Å²) in [4.78, 5) is 4.35. The number of nitrogens with zero attached hydrogens (tertiary/aromatic N) is 1. The summed E-state index contributed by atoms with van der Waals surface area (Å²) in [5.41, 5.74) is -0.695. The molecule has 0 rings (SSSR count). The summed E-state index contributed by atoms with van der Waals surface area (Å²) in [5.74, 6) is 0.234. The first-order valence-electron chi connectivity index (χ1n) is 5.40. The van der Waals surface area contributed by atoms with Crippen LogP contribution in [0, 0.1) is 5.92 Å². The molecule has 0 radical (unpaired) electrons. The summed E-state index contributed by atoms with van der Waals surface area (Å²) in [6, 6.07) is 0. The van der Waals surface area contributed by atoms with Crippen LogP contribution in [0.4, 0.5) is 0 Å².